The van der Waals surface area contributed by atoms with Crippen LogP contribution in [0.2, 0.25) is 0 Å². The summed E-state index contributed by atoms with van der Waals surface area (Å²) in [7, 11) is 0. The monoisotopic (exact) mass is 183 g/mol. The quantitative estimate of drug-likeness (QED) is 0.576. The van der Waals surface area contributed by atoms with Gasteiger partial charge in [0.1, 0.15) is 12.2 Å². The van der Waals surface area contributed by atoms with Gasteiger partial charge in [-0.15, -0.1) is 0 Å². The van der Waals surface area contributed by atoms with Gasteiger partial charge in [-0.05, 0) is 20.3 Å². The molecule has 3 fully saturated rings. The van der Waals surface area contributed by atoms with Gasteiger partial charge in [0.2, 0.25) is 5.91 Å². The van der Waals surface area contributed by atoms with Crippen LogP contribution in [0.15, 0.2) is 0 Å². The molecule has 0 aromatic heterocycles. The highest BCUT2D eigenvalue weighted by Gasteiger charge is 2.60. The predicted octanol–water partition coefficient (Wildman–Crippen LogP) is 0.0248. The Bertz CT molecular complexity index is 276. The second-order valence-electron chi connectivity index (χ2n) is 4.52. The van der Waals surface area contributed by atoms with E-state index in [2.05, 4.69) is 5.32 Å². The number of ether oxygens (including phenoxy) is 2. The van der Waals surface area contributed by atoms with Crippen molar-refractivity contribution in [1.82, 2.24) is 5.32 Å². The minimum absolute atomic E-state index is 0.00579. The van der Waals surface area contributed by atoms with Gasteiger partial charge in [0, 0.05) is 0 Å². The molecule has 1 amide bonds. The topological polar surface area (TPSA) is 47.6 Å². The SMILES string of the molecule is CC1(C)OC2C3CC(C(=O)N3)C2O1. The van der Waals surface area contributed by atoms with E-state index >= 15 is 0 Å². The standard InChI is InChI=1S/C9H13NO3/c1-9(2)12-6-4-3-5(7(6)13-9)10-8(4)11/h4-7H,3H2,1-2H3,(H,10,11). The lowest BCUT2D eigenvalue weighted by Crippen LogP contribution is -2.47. The lowest BCUT2D eigenvalue weighted by Gasteiger charge is -2.21. The number of nitrogens with one attached hydrogen (secondary N) is 1. The molecule has 2 bridgehead atoms. The van der Waals surface area contributed by atoms with Gasteiger partial charge < -0.3 is 14.8 Å². The summed E-state index contributed by atoms with van der Waals surface area (Å²) in [5.41, 5.74) is 0. The Balaban J connectivity index is 1.91. The third-order valence-corrected chi connectivity index (χ3v) is 3.13. The van der Waals surface area contributed by atoms with Crippen LogP contribution in [0, 0.1) is 5.92 Å². The molecule has 0 radical (unpaired) electrons. The summed E-state index contributed by atoms with van der Waals surface area (Å²) in [6.07, 6.45) is 0.955. The normalized spacial score (nSPS) is 50.8. The predicted molar refractivity (Wildman–Crippen MR) is 43.9 cm³/mol. The van der Waals surface area contributed by atoms with E-state index in [0.717, 1.165) is 6.42 Å². The van der Waals surface area contributed by atoms with Crippen molar-refractivity contribution in [3.8, 4) is 0 Å². The molecule has 0 spiro atoms. The van der Waals surface area contributed by atoms with E-state index in [1.54, 1.807) is 0 Å². The second-order valence-corrected chi connectivity index (χ2v) is 4.52. The number of carbonyl (C=O) groups excluding carboxylic acids is 1. The van der Waals surface area contributed by atoms with E-state index in [0.29, 0.717) is 0 Å². The number of amides is 1. The number of fused-ring (bicyclic) bond motifs is 5. The Hall–Kier alpha value is -0.610. The van der Waals surface area contributed by atoms with Gasteiger partial charge >= 0.3 is 0 Å². The molecule has 2 heterocycles. The lowest BCUT2D eigenvalue weighted by atomic mass is 10.0. The summed E-state index contributed by atoms with van der Waals surface area (Å²) >= 11 is 0. The van der Waals surface area contributed by atoms with Crippen LogP contribution < -0.4 is 5.32 Å². The summed E-state index contributed by atoms with van der Waals surface area (Å²) < 4.78 is 11.4. The maximum Gasteiger partial charge on any atom is 0.226 e. The molecule has 4 unspecified atom stereocenters. The molecule has 2 aliphatic heterocycles. The van der Waals surface area contributed by atoms with E-state index in [1.165, 1.54) is 0 Å². The van der Waals surface area contributed by atoms with Crippen molar-refractivity contribution < 1.29 is 14.3 Å². The molecular weight excluding hydrogens is 170 g/mol. The maximum atomic E-state index is 11.3. The third kappa shape index (κ3) is 0.901. The minimum atomic E-state index is -0.515. The first-order valence-electron chi connectivity index (χ1n) is 4.73. The number of hydrogen-bond donors (Lipinski definition) is 1. The van der Waals surface area contributed by atoms with Gasteiger partial charge in [-0.25, -0.2) is 0 Å². The number of carbonyl (C=O) groups is 1. The first-order valence-corrected chi connectivity index (χ1v) is 4.73. The lowest BCUT2D eigenvalue weighted by molar-refractivity contribution is -0.155. The highest BCUT2D eigenvalue weighted by molar-refractivity contribution is 5.83. The Morgan fingerprint density at radius 3 is 2.85 bits per heavy atom. The Labute approximate surface area is 76.6 Å². The summed E-state index contributed by atoms with van der Waals surface area (Å²) in [6, 6.07) is 0.185. The van der Waals surface area contributed by atoms with Crippen LogP contribution in [0.3, 0.4) is 0 Å². The van der Waals surface area contributed by atoms with E-state index < -0.39 is 5.79 Å². The summed E-state index contributed by atoms with van der Waals surface area (Å²) in [4.78, 5) is 11.3. The van der Waals surface area contributed by atoms with Crippen LogP contribution >= 0.6 is 0 Å². The summed E-state index contributed by atoms with van der Waals surface area (Å²) in [5, 5.41) is 2.92. The van der Waals surface area contributed by atoms with Gasteiger partial charge in [-0.2, -0.15) is 0 Å². The third-order valence-electron chi connectivity index (χ3n) is 3.13. The van der Waals surface area contributed by atoms with Crippen molar-refractivity contribution in [2.75, 3.05) is 0 Å². The zero-order chi connectivity index (χ0) is 9.22. The summed E-state index contributed by atoms with van der Waals surface area (Å²) in [5.74, 6) is -0.359. The van der Waals surface area contributed by atoms with Crippen molar-refractivity contribution in [1.29, 1.82) is 0 Å². The Kier molecular flexibility index (Phi) is 1.23. The average Bonchev–Trinajstić information content (AvgIpc) is 2.56. The zero-order valence-electron chi connectivity index (χ0n) is 7.74. The maximum absolute atomic E-state index is 11.3. The molecular formula is C9H13NO3. The molecule has 2 saturated heterocycles. The van der Waals surface area contributed by atoms with Crippen LogP contribution in [0.1, 0.15) is 20.3 Å². The highest BCUT2D eigenvalue weighted by atomic mass is 16.8. The first kappa shape index (κ1) is 7.76. The molecule has 1 aliphatic carbocycles. The minimum Gasteiger partial charge on any atom is -0.350 e. The molecule has 0 aromatic carbocycles. The van der Waals surface area contributed by atoms with Gasteiger partial charge in [0.05, 0.1) is 12.0 Å². The molecule has 1 saturated carbocycles. The van der Waals surface area contributed by atoms with E-state index in [9.17, 15) is 4.79 Å². The van der Waals surface area contributed by atoms with Gasteiger partial charge in [-0.1, -0.05) is 0 Å². The number of piperidine rings is 1. The fraction of sp³-hybridized carbons (Fsp3) is 0.889. The fourth-order valence-electron chi connectivity index (χ4n) is 2.67. The van der Waals surface area contributed by atoms with Crippen molar-refractivity contribution in [3.05, 3.63) is 0 Å². The van der Waals surface area contributed by atoms with Crippen LogP contribution in [0.4, 0.5) is 0 Å². The average molecular weight is 183 g/mol. The van der Waals surface area contributed by atoms with Crippen LogP contribution in [0.25, 0.3) is 0 Å². The van der Waals surface area contributed by atoms with Gasteiger partial charge in [0.25, 0.3) is 0 Å². The first-order chi connectivity index (χ1) is 6.07. The van der Waals surface area contributed by atoms with E-state index in [1.807, 2.05) is 13.8 Å². The van der Waals surface area contributed by atoms with Crippen molar-refractivity contribution in [2.45, 2.75) is 44.3 Å². The molecule has 4 atom stereocenters. The molecule has 4 heteroatoms. The fourth-order valence-corrected chi connectivity index (χ4v) is 2.67. The Morgan fingerprint density at radius 2 is 2.08 bits per heavy atom. The molecule has 3 aliphatic rings. The molecule has 4 nitrogen and oxygen atoms in total. The highest BCUT2D eigenvalue weighted by Crippen LogP contribution is 2.44. The van der Waals surface area contributed by atoms with Crippen molar-refractivity contribution in [2.24, 2.45) is 5.92 Å². The largest absolute Gasteiger partial charge is 0.350 e. The van der Waals surface area contributed by atoms with E-state index in [4.69, 9.17) is 9.47 Å². The van der Waals surface area contributed by atoms with Crippen LogP contribution in [-0.2, 0) is 14.3 Å². The second kappa shape index (κ2) is 2.07. The van der Waals surface area contributed by atoms with E-state index in [-0.39, 0.29) is 30.1 Å². The summed E-state index contributed by atoms with van der Waals surface area (Å²) in [6.45, 7) is 3.80. The van der Waals surface area contributed by atoms with Crippen molar-refractivity contribution >= 4 is 5.91 Å². The molecule has 13 heavy (non-hydrogen) atoms. The molecule has 0 aromatic rings. The van der Waals surface area contributed by atoms with Gasteiger partial charge in [0.15, 0.2) is 5.79 Å². The number of rotatable bonds is 0. The molecule has 3 rings (SSSR count). The van der Waals surface area contributed by atoms with Crippen LogP contribution in [0.5, 0.6) is 0 Å². The zero-order valence-corrected chi connectivity index (χ0v) is 7.74. The Morgan fingerprint density at radius 1 is 1.38 bits per heavy atom. The smallest absolute Gasteiger partial charge is 0.226 e. The molecule has 72 valence electrons. The van der Waals surface area contributed by atoms with Crippen molar-refractivity contribution in [3.63, 3.8) is 0 Å². The van der Waals surface area contributed by atoms with Crippen LogP contribution in [-0.4, -0.2) is 29.9 Å². The van der Waals surface area contributed by atoms with Gasteiger partial charge in [-0.3, -0.25) is 4.79 Å². The number of hydrogen-bond acceptors (Lipinski definition) is 3. The molecule has 1 N–H and O–H groups in total.